The number of carbonyl (C=O) groups excluding carboxylic acids is 2. The van der Waals surface area contributed by atoms with Crippen molar-refractivity contribution in [2.45, 2.75) is 0 Å². The van der Waals surface area contributed by atoms with E-state index in [-0.39, 0.29) is 18.3 Å². The van der Waals surface area contributed by atoms with Crippen LogP contribution in [0.25, 0.3) is 33.7 Å². The van der Waals surface area contributed by atoms with Crippen molar-refractivity contribution in [3.63, 3.8) is 0 Å². The molecule has 0 saturated heterocycles. The van der Waals surface area contributed by atoms with Crippen LogP contribution in [0.3, 0.4) is 0 Å². The summed E-state index contributed by atoms with van der Waals surface area (Å²) in [6.45, 7) is -0.347. The highest BCUT2D eigenvalue weighted by atomic mass is 16.5. The standard InChI is InChI=1S/C27H18N2O4/c30-24(21-14-13-18-7-4-5-10-20(18)15-21)17-32-27(31)23-12-6-11-22(16-23)26-29-28-25(33-26)19-8-2-1-3-9-19/h1-16H,17H2. The third kappa shape index (κ3) is 4.41. The van der Waals surface area contributed by atoms with Crippen molar-refractivity contribution in [2.24, 2.45) is 0 Å². The second kappa shape index (κ2) is 8.88. The van der Waals surface area contributed by atoms with Gasteiger partial charge in [-0.2, -0.15) is 0 Å². The molecule has 1 heterocycles. The Labute approximate surface area is 189 Å². The molecule has 0 N–H and O–H groups in total. The fourth-order valence-electron chi connectivity index (χ4n) is 3.48. The van der Waals surface area contributed by atoms with Crippen molar-refractivity contribution in [1.29, 1.82) is 0 Å². The van der Waals surface area contributed by atoms with E-state index in [2.05, 4.69) is 10.2 Å². The molecule has 0 aliphatic rings. The lowest BCUT2D eigenvalue weighted by Crippen LogP contribution is -2.14. The van der Waals surface area contributed by atoms with Crippen LogP contribution in [0.1, 0.15) is 20.7 Å². The van der Waals surface area contributed by atoms with E-state index < -0.39 is 5.97 Å². The fraction of sp³-hybridized carbons (Fsp3) is 0.0370. The minimum atomic E-state index is -0.603. The van der Waals surface area contributed by atoms with Crippen LogP contribution in [-0.4, -0.2) is 28.6 Å². The molecular formula is C27H18N2O4. The van der Waals surface area contributed by atoms with Gasteiger partial charge in [0.05, 0.1) is 5.56 Å². The summed E-state index contributed by atoms with van der Waals surface area (Å²) in [6.07, 6.45) is 0. The molecule has 0 fully saturated rings. The SMILES string of the molecule is O=C(COC(=O)c1cccc(-c2nnc(-c3ccccc3)o2)c1)c1ccc2ccccc2c1. The second-order valence-corrected chi connectivity index (χ2v) is 7.42. The van der Waals surface area contributed by atoms with E-state index in [9.17, 15) is 9.59 Å². The van der Waals surface area contributed by atoms with Gasteiger partial charge >= 0.3 is 5.97 Å². The Morgan fingerprint density at radius 2 is 1.36 bits per heavy atom. The third-order valence-electron chi connectivity index (χ3n) is 5.20. The molecule has 4 aromatic carbocycles. The minimum absolute atomic E-state index is 0.269. The third-order valence-corrected chi connectivity index (χ3v) is 5.20. The lowest BCUT2D eigenvalue weighted by atomic mass is 10.0. The number of hydrogen-bond donors (Lipinski definition) is 0. The van der Waals surface area contributed by atoms with Crippen LogP contribution in [0.15, 0.2) is 101 Å². The van der Waals surface area contributed by atoms with Crippen LogP contribution in [0.4, 0.5) is 0 Å². The first-order chi connectivity index (χ1) is 16.2. The normalized spacial score (nSPS) is 10.8. The van der Waals surface area contributed by atoms with Crippen LogP contribution in [-0.2, 0) is 4.74 Å². The minimum Gasteiger partial charge on any atom is -0.454 e. The molecule has 33 heavy (non-hydrogen) atoms. The topological polar surface area (TPSA) is 82.3 Å². The number of rotatable bonds is 6. The van der Waals surface area contributed by atoms with Crippen molar-refractivity contribution < 1.29 is 18.7 Å². The number of ketones is 1. The Bertz CT molecular complexity index is 1460. The van der Waals surface area contributed by atoms with Gasteiger partial charge in [0.2, 0.25) is 11.8 Å². The number of nitrogens with zero attached hydrogens (tertiary/aromatic N) is 2. The number of carbonyl (C=O) groups is 2. The largest absolute Gasteiger partial charge is 0.454 e. The smallest absolute Gasteiger partial charge is 0.338 e. The first-order valence-corrected chi connectivity index (χ1v) is 10.4. The van der Waals surface area contributed by atoms with E-state index in [0.717, 1.165) is 16.3 Å². The van der Waals surface area contributed by atoms with Gasteiger partial charge in [-0.05, 0) is 47.2 Å². The molecule has 6 nitrogen and oxygen atoms in total. The summed E-state index contributed by atoms with van der Waals surface area (Å²) < 4.78 is 11.0. The predicted molar refractivity (Wildman–Crippen MR) is 124 cm³/mol. The molecule has 0 amide bonds. The van der Waals surface area contributed by atoms with Gasteiger partial charge in [-0.25, -0.2) is 4.79 Å². The number of benzene rings is 4. The number of esters is 1. The van der Waals surface area contributed by atoms with E-state index in [4.69, 9.17) is 9.15 Å². The van der Waals surface area contributed by atoms with E-state index >= 15 is 0 Å². The number of hydrogen-bond acceptors (Lipinski definition) is 6. The van der Waals surface area contributed by atoms with Crippen LogP contribution in [0, 0.1) is 0 Å². The molecule has 0 bridgehead atoms. The van der Waals surface area contributed by atoms with Crippen molar-refractivity contribution in [3.05, 3.63) is 108 Å². The number of ether oxygens (including phenoxy) is 1. The van der Waals surface area contributed by atoms with Gasteiger partial charge in [-0.3, -0.25) is 4.79 Å². The van der Waals surface area contributed by atoms with E-state index in [0.29, 0.717) is 22.6 Å². The van der Waals surface area contributed by atoms with Crippen LogP contribution in [0.5, 0.6) is 0 Å². The van der Waals surface area contributed by atoms with Gasteiger partial charge in [-0.1, -0.05) is 60.7 Å². The molecule has 0 unspecified atom stereocenters. The molecule has 160 valence electrons. The Balaban J connectivity index is 1.28. The van der Waals surface area contributed by atoms with Crippen LogP contribution >= 0.6 is 0 Å². The first kappa shape index (κ1) is 20.3. The zero-order valence-electron chi connectivity index (χ0n) is 17.5. The predicted octanol–water partition coefficient (Wildman–Crippen LogP) is 5.60. The lowest BCUT2D eigenvalue weighted by Gasteiger charge is -2.06. The molecular weight excluding hydrogens is 416 g/mol. The lowest BCUT2D eigenvalue weighted by molar-refractivity contribution is 0.0475. The van der Waals surface area contributed by atoms with Gasteiger partial charge < -0.3 is 9.15 Å². The number of Topliss-reactive ketones (excluding diaryl/α,β-unsaturated/α-hetero) is 1. The Morgan fingerprint density at radius 3 is 2.18 bits per heavy atom. The fourth-order valence-corrected chi connectivity index (χ4v) is 3.48. The van der Waals surface area contributed by atoms with E-state index in [1.54, 1.807) is 36.4 Å². The Kier molecular flexibility index (Phi) is 5.47. The average Bonchev–Trinajstić information content (AvgIpc) is 3.38. The van der Waals surface area contributed by atoms with Gasteiger partial charge in [-0.15, -0.1) is 10.2 Å². The zero-order chi connectivity index (χ0) is 22.6. The number of aromatic nitrogens is 2. The van der Waals surface area contributed by atoms with Crippen LogP contribution < -0.4 is 0 Å². The molecule has 0 radical (unpaired) electrons. The van der Waals surface area contributed by atoms with Crippen molar-refractivity contribution in [1.82, 2.24) is 10.2 Å². The number of fused-ring (bicyclic) bond motifs is 1. The van der Waals surface area contributed by atoms with E-state index in [1.165, 1.54) is 0 Å². The summed E-state index contributed by atoms with van der Waals surface area (Å²) in [5, 5.41) is 10.2. The second-order valence-electron chi connectivity index (χ2n) is 7.42. The summed E-state index contributed by atoms with van der Waals surface area (Å²) in [6, 6.07) is 29.3. The molecule has 6 heteroatoms. The molecule has 0 saturated carbocycles. The summed E-state index contributed by atoms with van der Waals surface area (Å²) in [5.41, 5.74) is 2.17. The highest BCUT2D eigenvalue weighted by Crippen LogP contribution is 2.24. The average molecular weight is 434 g/mol. The molecule has 5 rings (SSSR count). The Hall–Kier alpha value is -4.58. The monoisotopic (exact) mass is 434 g/mol. The maximum Gasteiger partial charge on any atom is 0.338 e. The summed E-state index contributed by atoms with van der Waals surface area (Å²) in [4.78, 5) is 25.1. The molecule has 1 aromatic heterocycles. The summed E-state index contributed by atoms with van der Waals surface area (Å²) >= 11 is 0. The highest BCUT2D eigenvalue weighted by Gasteiger charge is 2.15. The quantitative estimate of drug-likeness (QED) is 0.256. The van der Waals surface area contributed by atoms with Crippen molar-refractivity contribution >= 4 is 22.5 Å². The molecule has 5 aromatic rings. The summed E-state index contributed by atoms with van der Waals surface area (Å²) in [5.74, 6) is -0.196. The molecule has 0 aliphatic heterocycles. The van der Waals surface area contributed by atoms with Gasteiger partial charge in [0, 0.05) is 16.7 Å². The van der Waals surface area contributed by atoms with Crippen molar-refractivity contribution in [2.75, 3.05) is 6.61 Å². The van der Waals surface area contributed by atoms with Crippen LogP contribution in [0.2, 0.25) is 0 Å². The van der Waals surface area contributed by atoms with Gasteiger partial charge in [0.15, 0.2) is 12.4 Å². The van der Waals surface area contributed by atoms with E-state index in [1.807, 2.05) is 60.7 Å². The van der Waals surface area contributed by atoms with Crippen molar-refractivity contribution in [3.8, 4) is 22.9 Å². The zero-order valence-corrected chi connectivity index (χ0v) is 17.5. The summed E-state index contributed by atoms with van der Waals surface area (Å²) in [7, 11) is 0. The molecule has 0 aliphatic carbocycles. The maximum atomic E-state index is 12.6. The van der Waals surface area contributed by atoms with Gasteiger partial charge in [0.1, 0.15) is 0 Å². The first-order valence-electron chi connectivity index (χ1n) is 10.4. The molecule has 0 atom stereocenters. The molecule has 0 spiro atoms. The highest BCUT2D eigenvalue weighted by molar-refractivity contribution is 6.02. The maximum absolute atomic E-state index is 12.6. The Morgan fingerprint density at radius 1 is 0.667 bits per heavy atom. The van der Waals surface area contributed by atoms with Gasteiger partial charge in [0.25, 0.3) is 0 Å².